The minimum atomic E-state index is -1.25. The van der Waals surface area contributed by atoms with Crippen molar-refractivity contribution >= 4 is 17.5 Å². The highest BCUT2D eigenvalue weighted by Gasteiger charge is 2.30. The quantitative estimate of drug-likeness (QED) is 0.637. The number of hydrogen-bond acceptors (Lipinski definition) is 6. The molecule has 0 saturated carbocycles. The van der Waals surface area contributed by atoms with Crippen LogP contribution in [0.2, 0.25) is 0 Å². The second-order valence-electron chi connectivity index (χ2n) is 4.95. The number of anilines is 1. The molecule has 2 N–H and O–H groups in total. The summed E-state index contributed by atoms with van der Waals surface area (Å²) in [6.07, 6.45) is 2.51. The van der Waals surface area contributed by atoms with Gasteiger partial charge in [-0.25, -0.2) is 9.78 Å². The lowest BCUT2D eigenvalue weighted by Gasteiger charge is -2.34. The van der Waals surface area contributed by atoms with Gasteiger partial charge in [0.2, 0.25) is 5.82 Å². The maximum Gasteiger partial charge on any atom is 0.337 e. The van der Waals surface area contributed by atoms with Crippen molar-refractivity contribution in [3.05, 3.63) is 27.9 Å². The number of pyridine rings is 1. The van der Waals surface area contributed by atoms with Gasteiger partial charge < -0.3 is 15.2 Å². The maximum atomic E-state index is 11.1. The third-order valence-corrected chi connectivity index (χ3v) is 3.33. The zero-order valence-corrected chi connectivity index (χ0v) is 11.0. The normalized spacial score (nSPS) is 17.4. The highest BCUT2D eigenvalue weighted by molar-refractivity contribution is 5.88. The first kappa shape index (κ1) is 14.2. The first-order valence-corrected chi connectivity index (χ1v) is 6.15. The van der Waals surface area contributed by atoms with Crippen LogP contribution in [0.15, 0.2) is 12.3 Å². The number of nitrogens with zero attached hydrogens (tertiary/aromatic N) is 2. The van der Waals surface area contributed by atoms with Crippen LogP contribution in [-0.2, 0) is 4.74 Å². The number of carboxylic acid groups (broad SMARTS) is 1. The van der Waals surface area contributed by atoms with Crippen LogP contribution in [0, 0.1) is 10.1 Å². The van der Waals surface area contributed by atoms with Gasteiger partial charge in [-0.3, -0.25) is 10.1 Å². The van der Waals surface area contributed by atoms with Crippen molar-refractivity contribution in [1.29, 1.82) is 0 Å². The van der Waals surface area contributed by atoms with Gasteiger partial charge in [0.05, 0.1) is 10.5 Å². The van der Waals surface area contributed by atoms with Gasteiger partial charge in [0.15, 0.2) is 0 Å². The monoisotopic (exact) mass is 281 g/mol. The number of carbonyl (C=O) groups is 1. The summed E-state index contributed by atoms with van der Waals surface area (Å²) >= 11 is 0. The summed E-state index contributed by atoms with van der Waals surface area (Å²) < 4.78 is 5.26. The van der Waals surface area contributed by atoms with E-state index in [0.29, 0.717) is 26.1 Å². The van der Waals surface area contributed by atoms with Crippen molar-refractivity contribution in [2.24, 2.45) is 0 Å². The van der Waals surface area contributed by atoms with Gasteiger partial charge in [0, 0.05) is 31.0 Å². The number of aromatic carboxylic acids is 1. The van der Waals surface area contributed by atoms with Crippen molar-refractivity contribution < 1.29 is 19.6 Å². The molecule has 1 aromatic rings. The Morgan fingerprint density at radius 2 is 2.20 bits per heavy atom. The summed E-state index contributed by atoms with van der Waals surface area (Å²) in [6.45, 7) is 3.08. The Kier molecular flexibility index (Phi) is 3.84. The molecule has 8 heteroatoms. The molecule has 0 unspecified atom stereocenters. The minimum absolute atomic E-state index is 0.0874. The van der Waals surface area contributed by atoms with Crippen molar-refractivity contribution in [2.75, 3.05) is 18.5 Å². The average Bonchev–Trinajstić information content (AvgIpc) is 2.39. The molecule has 0 bridgehead atoms. The number of rotatable bonds is 4. The van der Waals surface area contributed by atoms with E-state index in [0.717, 1.165) is 12.3 Å². The average molecular weight is 281 g/mol. The van der Waals surface area contributed by atoms with E-state index in [1.54, 1.807) is 0 Å². The summed E-state index contributed by atoms with van der Waals surface area (Å²) in [5, 5.41) is 23.0. The minimum Gasteiger partial charge on any atom is -0.478 e. The molecule has 1 aliphatic rings. The van der Waals surface area contributed by atoms with E-state index in [9.17, 15) is 14.9 Å². The van der Waals surface area contributed by atoms with Crippen molar-refractivity contribution in [3.8, 4) is 0 Å². The third-order valence-electron chi connectivity index (χ3n) is 3.33. The molecule has 0 aliphatic carbocycles. The predicted molar refractivity (Wildman–Crippen MR) is 69.9 cm³/mol. The molecule has 2 rings (SSSR count). The Morgan fingerprint density at radius 3 is 2.75 bits per heavy atom. The van der Waals surface area contributed by atoms with Crippen LogP contribution in [-0.4, -0.2) is 39.7 Å². The molecule has 0 amide bonds. The topological polar surface area (TPSA) is 115 Å². The Bertz CT molecular complexity index is 540. The van der Waals surface area contributed by atoms with E-state index in [-0.39, 0.29) is 22.6 Å². The van der Waals surface area contributed by atoms with Crippen LogP contribution < -0.4 is 5.32 Å². The fourth-order valence-electron chi connectivity index (χ4n) is 2.04. The first-order chi connectivity index (χ1) is 9.41. The molecule has 0 aromatic carbocycles. The molecular formula is C12H15N3O5. The molecule has 0 radical (unpaired) electrons. The zero-order valence-electron chi connectivity index (χ0n) is 11.0. The van der Waals surface area contributed by atoms with Crippen molar-refractivity contribution in [2.45, 2.75) is 25.3 Å². The van der Waals surface area contributed by atoms with E-state index >= 15 is 0 Å². The molecule has 0 atom stereocenters. The number of hydrogen-bond donors (Lipinski definition) is 2. The van der Waals surface area contributed by atoms with Crippen LogP contribution in [0.25, 0.3) is 0 Å². The SMILES string of the molecule is CC1(Nc2ncc(C(=O)O)cc2[N+](=O)[O-])CCOCC1. The molecule has 108 valence electrons. The second kappa shape index (κ2) is 5.41. The predicted octanol–water partition coefficient (Wildman–Crippen LogP) is 1.67. The Labute approximate surface area is 114 Å². The molecule has 0 spiro atoms. The number of nitro groups is 1. The highest BCUT2D eigenvalue weighted by Crippen LogP contribution is 2.30. The lowest BCUT2D eigenvalue weighted by molar-refractivity contribution is -0.384. The van der Waals surface area contributed by atoms with Gasteiger partial charge in [-0.15, -0.1) is 0 Å². The fourth-order valence-corrected chi connectivity index (χ4v) is 2.04. The highest BCUT2D eigenvalue weighted by atomic mass is 16.6. The molecule has 1 aromatic heterocycles. The van der Waals surface area contributed by atoms with E-state index in [4.69, 9.17) is 9.84 Å². The summed E-state index contributed by atoms with van der Waals surface area (Å²) in [6, 6.07) is 1.01. The van der Waals surface area contributed by atoms with E-state index in [1.165, 1.54) is 0 Å². The first-order valence-electron chi connectivity index (χ1n) is 6.15. The molecule has 20 heavy (non-hydrogen) atoms. The Hall–Kier alpha value is -2.22. The van der Waals surface area contributed by atoms with Crippen LogP contribution in [0.4, 0.5) is 11.5 Å². The molecule has 1 saturated heterocycles. The zero-order chi connectivity index (χ0) is 14.8. The Balaban J connectivity index is 2.31. The summed E-state index contributed by atoms with van der Waals surface area (Å²) in [5.41, 5.74) is -0.891. The number of aromatic nitrogens is 1. The number of nitrogens with one attached hydrogen (secondary N) is 1. The Morgan fingerprint density at radius 1 is 1.55 bits per heavy atom. The molecule has 8 nitrogen and oxygen atoms in total. The van der Waals surface area contributed by atoms with Gasteiger partial charge in [-0.1, -0.05) is 0 Å². The second-order valence-corrected chi connectivity index (χ2v) is 4.95. The van der Waals surface area contributed by atoms with Crippen LogP contribution in [0.3, 0.4) is 0 Å². The molecule has 1 aliphatic heterocycles. The van der Waals surface area contributed by atoms with Crippen LogP contribution >= 0.6 is 0 Å². The molecular weight excluding hydrogens is 266 g/mol. The largest absolute Gasteiger partial charge is 0.478 e. The maximum absolute atomic E-state index is 11.1. The smallest absolute Gasteiger partial charge is 0.337 e. The van der Waals surface area contributed by atoms with Crippen LogP contribution in [0.5, 0.6) is 0 Å². The third kappa shape index (κ3) is 3.02. The van der Waals surface area contributed by atoms with Crippen molar-refractivity contribution in [3.63, 3.8) is 0 Å². The van der Waals surface area contributed by atoms with E-state index < -0.39 is 10.9 Å². The van der Waals surface area contributed by atoms with Gasteiger partial charge in [0.1, 0.15) is 0 Å². The summed E-state index contributed by atoms with van der Waals surface area (Å²) in [7, 11) is 0. The molecule has 1 fully saturated rings. The van der Waals surface area contributed by atoms with E-state index in [1.807, 2.05) is 6.92 Å². The van der Waals surface area contributed by atoms with E-state index in [2.05, 4.69) is 10.3 Å². The fraction of sp³-hybridized carbons (Fsp3) is 0.500. The lowest BCUT2D eigenvalue weighted by Crippen LogP contribution is -2.41. The number of carboxylic acids is 1. The van der Waals surface area contributed by atoms with Gasteiger partial charge in [-0.2, -0.15) is 0 Å². The standard InChI is InChI=1S/C12H15N3O5/c1-12(2-4-20-5-3-12)14-10-9(15(18)19)6-8(7-13-10)11(16)17/h6-7H,2-5H2,1H3,(H,13,14)(H,16,17). The molecule has 2 heterocycles. The lowest BCUT2D eigenvalue weighted by atomic mass is 9.92. The van der Waals surface area contributed by atoms with Crippen molar-refractivity contribution in [1.82, 2.24) is 4.98 Å². The van der Waals surface area contributed by atoms with Gasteiger partial charge in [-0.05, 0) is 19.8 Å². The summed E-state index contributed by atoms with van der Waals surface area (Å²) in [4.78, 5) is 25.1. The number of ether oxygens (including phenoxy) is 1. The summed E-state index contributed by atoms with van der Waals surface area (Å²) in [5.74, 6) is -1.16. The van der Waals surface area contributed by atoms with Crippen LogP contribution in [0.1, 0.15) is 30.1 Å². The van der Waals surface area contributed by atoms with Gasteiger partial charge >= 0.3 is 11.7 Å². The van der Waals surface area contributed by atoms with Gasteiger partial charge in [0.25, 0.3) is 0 Å².